The molecule has 0 saturated carbocycles. The van der Waals surface area contributed by atoms with Crippen LogP contribution in [-0.4, -0.2) is 23.9 Å². The number of nitrogens with zero attached hydrogens (tertiary/aromatic N) is 1. The Morgan fingerprint density at radius 2 is 1.72 bits per heavy atom. The lowest BCUT2D eigenvalue weighted by molar-refractivity contribution is -0.120. The van der Waals surface area contributed by atoms with Gasteiger partial charge in [0.1, 0.15) is 5.82 Å². The molecule has 128 valence electrons. The summed E-state index contributed by atoms with van der Waals surface area (Å²) in [5, 5.41) is 5.21. The number of fused-ring (bicyclic) bond motifs is 1. The van der Waals surface area contributed by atoms with Crippen molar-refractivity contribution in [2.45, 2.75) is 19.5 Å². The fraction of sp³-hybridized carbons (Fsp3) is 0.190. The van der Waals surface area contributed by atoms with Crippen molar-refractivity contribution in [2.75, 3.05) is 12.4 Å². The van der Waals surface area contributed by atoms with E-state index in [0.717, 1.165) is 5.56 Å². The summed E-state index contributed by atoms with van der Waals surface area (Å²) in [6.07, 6.45) is 0. The quantitative estimate of drug-likeness (QED) is 0.747. The second-order valence-corrected chi connectivity index (χ2v) is 6.27. The van der Waals surface area contributed by atoms with Crippen molar-refractivity contribution in [1.29, 1.82) is 0 Å². The number of carbonyl (C=O) groups is 1. The number of hydrogen-bond donors (Lipinski definition) is 1. The van der Waals surface area contributed by atoms with Gasteiger partial charge >= 0.3 is 0 Å². The van der Waals surface area contributed by atoms with E-state index in [-0.39, 0.29) is 17.8 Å². The van der Waals surface area contributed by atoms with Gasteiger partial charge in [0.15, 0.2) is 0 Å². The fourth-order valence-corrected chi connectivity index (χ4v) is 2.74. The first-order valence-corrected chi connectivity index (χ1v) is 8.27. The zero-order valence-corrected chi connectivity index (χ0v) is 14.4. The number of benzene rings is 3. The van der Waals surface area contributed by atoms with Crippen molar-refractivity contribution in [2.24, 2.45) is 0 Å². The highest BCUT2D eigenvalue weighted by Crippen LogP contribution is 2.17. The highest BCUT2D eigenvalue weighted by Gasteiger charge is 2.18. The first-order valence-electron chi connectivity index (χ1n) is 8.27. The van der Waals surface area contributed by atoms with Crippen LogP contribution < -0.4 is 5.32 Å². The lowest BCUT2D eigenvalue weighted by atomic mass is 10.1. The molecule has 0 aromatic heterocycles. The second kappa shape index (κ2) is 7.45. The van der Waals surface area contributed by atoms with Gasteiger partial charge in [-0.15, -0.1) is 0 Å². The predicted octanol–water partition coefficient (Wildman–Crippen LogP) is 4.44. The molecule has 0 fully saturated rings. The fourth-order valence-electron chi connectivity index (χ4n) is 2.74. The zero-order chi connectivity index (χ0) is 17.8. The van der Waals surface area contributed by atoms with Crippen molar-refractivity contribution in [3.8, 4) is 0 Å². The van der Waals surface area contributed by atoms with E-state index >= 15 is 0 Å². The van der Waals surface area contributed by atoms with Crippen molar-refractivity contribution in [3.63, 3.8) is 0 Å². The van der Waals surface area contributed by atoms with Crippen molar-refractivity contribution < 1.29 is 9.18 Å². The van der Waals surface area contributed by atoms with Gasteiger partial charge in [-0.05, 0) is 60.6 Å². The number of nitrogens with one attached hydrogen (secondary N) is 1. The van der Waals surface area contributed by atoms with Gasteiger partial charge in [0.05, 0.1) is 6.04 Å². The van der Waals surface area contributed by atoms with Crippen LogP contribution in [0, 0.1) is 5.82 Å². The molecule has 1 unspecified atom stereocenters. The molecule has 0 aliphatic carbocycles. The molecule has 3 aromatic carbocycles. The molecular weight excluding hydrogens is 315 g/mol. The summed E-state index contributed by atoms with van der Waals surface area (Å²) in [4.78, 5) is 14.4. The van der Waals surface area contributed by atoms with E-state index in [9.17, 15) is 9.18 Å². The Morgan fingerprint density at radius 3 is 2.44 bits per heavy atom. The molecule has 1 atom stereocenters. The molecular formula is C21H21FN2O. The van der Waals surface area contributed by atoms with E-state index in [4.69, 9.17) is 0 Å². The summed E-state index contributed by atoms with van der Waals surface area (Å²) in [7, 11) is 1.92. The molecule has 0 aliphatic rings. The van der Waals surface area contributed by atoms with E-state index in [1.165, 1.54) is 22.9 Å². The largest absolute Gasteiger partial charge is 0.325 e. The van der Waals surface area contributed by atoms with Crippen LogP contribution in [-0.2, 0) is 11.3 Å². The summed E-state index contributed by atoms with van der Waals surface area (Å²) in [6.45, 7) is 2.53. The lowest BCUT2D eigenvalue weighted by Gasteiger charge is -2.24. The third-order valence-corrected chi connectivity index (χ3v) is 4.40. The van der Waals surface area contributed by atoms with E-state index in [1.54, 1.807) is 12.1 Å². The minimum atomic E-state index is -0.320. The predicted molar refractivity (Wildman–Crippen MR) is 99.9 cm³/mol. The average Bonchev–Trinajstić information content (AvgIpc) is 2.62. The Labute approximate surface area is 147 Å². The summed E-state index contributed by atoms with van der Waals surface area (Å²) in [5.74, 6) is -0.436. The van der Waals surface area contributed by atoms with Gasteiger partial charge < -0.3 is 5.32 Å². The van der Waals surface area contributed by atoms with Crippen LogP contribution in [0.4, 0.5) is 10.1 Å². The lowest BCUT2D eigenvalue weighted by Crippen LogP contribution is -2.39. The van der Waals surface area contributed by atoms with E-state index in [1.807, 2.05) is 31.0 Å². The molecule has 0 heterocycles. The van der Waals surface area contributed by atoms with Gasteiger partial charge in [0.25, 0.3) is 0 Å². The second-order valence-electron chi connectivity index (χ2n) is 6.27. The van der Waals surface area contributed by atoms with E-state index < -0.39 is 0 Å². The third-order valence-electron chi connectivity index (χ3n) is 4.40. The Balaban J connectivity index is 1.65. The van der Waals surface area contributed by atoms with E-state index in [2.05, 4.69) is 35.6 Å². The minimum Gasteiger partial charge on any atom is -0.325 e. The molecule has 1 amide bonds. The van der Waals surface area contributed by atoms with Crippen molar-refractivity contribution in [3.05, 3.63) is 78.1 Å². The van der Waals surface area contributed by atoms with Gasteiger partial charge in [-0.3, -0.25) is 9.69 Å². The molecule has 3 nitrogen and oxygen atoms in total. The summed E-state index contributed by atoms with van der Waals surface area (Å²) < 4.78 is 12.9. The highest BCUT2D eigenvalue weighted by atomic mass is 19.1. The number of hydrogen-bond acceptors (Lipinski definition) is 2. The molecule has 0 saturated heterocycles. The van der Waals surface area contributed by atoms with Gasteiger partial charge in [-0.1, -0.05) is 36.4 Å². The van der Waals surface area contributed by atoms with Crippen LogP contribution in [0.15, 0.2) is 66.7 Å². The number of carbonyl (C=O) groups excluding carboxylic acids is 1. The average molecular weight is 336 g/mol. The molecule has 3 aromatic rings. The Kier molecular flexibility index (Phi) is 5.10. The number of amides is 1. The number of halogens is 1. The maximum absolute atomic E-state index is 12.9. The van der Waals surface area contributed by atoms with Crippen LogP contribution in [0.25, 0.3) is 10.8 Å². The molecule has 25 heavy (non-hydrogen) atoms. The zero-order valence-electron chi connectivity index (χ0n) is 14.4. The maximum Gasteiger partial charge on any atom is 0.241 e. The number of rotatable bonds is 5. The van der Waals surface area contributed by atoms with Crippen molar-refractivity contribution >= 4 is 22.4 Å². The minimum absolute atomic E-state index is 0.116. The van der Waals surface area contributed by atoms with Crippen LogP contribution in [0.5, 0.6) is 0 Å². The SMILES string of the molecule is CC(C(=O)Nc1ccc(F)cc1)N(C)Cc1ccc2ccccc2c1. The van der Waals surface area contributed by atoms with Crippen LogP contribution in [0.1, 0.15) is 12.5 Å². The molecule has 3 rings (SSSR count). The first-order chi connectivity index (χ1) is 12.0. The van der Waals surface area contributed by atoms with Crippen LogP contribution >= 0.6 is 0 Å². The summed E-state index contributed by atoms with van der Waals surface area (Å²) in [6, 6.07) is 20.0. The monoisotopic (exact) mass is 336 g/mol. The molecule has 0 aliphatic heterocycles. The molecule has 0 radical (unpaired) electrons. The van der Waals surface area contributed by atoms with Gasteiger partial charge in [-0.25, -0.2) is 4.39 Å². The van der Waals surface area contributed by atoms with E-state index in [0.29, 0.717) is 12.2 Å². The maximum atomic E-state index is 12.9. The van der Waals surface area contributed by atoms with Gasteiger partial charge in [-0.2, -0.15) is 0 Å². The summed E-state index contributed by atoms with van der Waals surface area (Å²) in [5.41, 5.74) is 1.75. The number of anilines is 1. The van der Waals surface area contributed by atoms with Crippen LogP contribution in [0.2, 0.25) is 0 Å². The smallest absolute Gasteiger partial charge is 0.241 e. The molecule has 0 bridgehead atoms. The Bertz CT molecular complexity index is 876. The third kappa shape index (κ3) is 4.22. The van der Waals surface area contributed by atoms with Crippen LogP contribution in [0.3, 0.4) is 0 Å². The first kappa shape index (κ1) is 17.1. The normalized spacial score (nSPS) is 12.3. The molecule has 1 N–H and O–H groups in total. The van der Waals surface area contributed by atoms with Gasteiger partial charge in [0, 0.05) is 12.2 Å². The Morgan fingerprint density at radius 1 is 1.04 bits per heavy atom. The van der Waals surface area contributed by atoms with Crippen molar-refractivity contribution in [1.82, 2.24) is 4.90 Å². The number of likely N-dealkylation sites (N-methyl/N-ethyl adjacent to an activating group) is 1. The summed E-state index contributed by atoms with van der Waals surface area (Å²) >= 11 is 0. The topological polar surface area (TPSA) is 32.3 Å². The van der Waals surface area contributed by atoms with Gasteiger partial charge in [0.2, 0.25) is 5.91 Å². The standard InChI is InChI=1S/C21H21FN2O/c1-15(21(25)23-20-11-9-19(22)10-12-20)24(2)14-16-7-8-17-5-3-4-6-18(17)13-16/h3-13,15H,14H2,1-2H3,(H,23,25). The highest BCUT2D eigenvalue weighted by molar-refractivity contribution is 5.94. The molecule has 4 heteroatoms. The molecule has 0 spiro atoms. The Hall–Kier alpha value is -2.72.